The van der Waals surface area contributed by atoms with Crippen LogP contribution in [0.1, 0.15) is 52.1 Å². The first kappa shape index (κ1) is 18.2. The molecular weight excluding hydrogens is 328 g/mol. The number of hydrogen-bond donors (Lipinski definition) is 1. The maximum Gasteiger partial charge on any atom is 0.221 e. The number of benzene rings is 1. The van der Waals surface area contributed by atoms with E-state index in [-0.39, 0.29) is 11.9 Å². The summed E-state index contributed by atoms with van der Waals surface area (Å²) >= 11 is 3.62. The second kappa shape index (κ2) is 9.21. The van der Waals surface area contributed by atoms with Crippen molar-refractivity contribution in [2.45, 2.75) is 52.6 Å². The molecule has 0 saturated heterocycles. The molecule has 0 fully saturated rings. The normalized spacial score (nSPS) is 12.7. The standard InChI is InChI=1S/C17H27BrN2O/c1-5-11-20(12-10-17(21)19-13(2)3)14(4)15-8-6-7-9-16(15)18/h6-9,13-14H,5,10-12H2,1-4H3,(H,19,21). The fourth-order valence-corrected chi connectivity index (χ4v) is 3.05. The quantitative estimate of drug-likeness (QED) is 0.760. The van der Waals surface area contributed by atoms with Crippen molar-refractivity contribution in [2.24, 2.45) is 0 Å². The number of carbonyl (C=O) groups is 1. The first-order valence-corrected chi connectivity index (χ1v) is 8.52. The van der Waals surface area contributed by atoms with Crippen molar-refractivity contribution < 1.29 is 4.79 Å². The van der Waals surface area contributed by atoms with E-state index in [0.717, 1.165) is 24.0 Å². The van der Waals surface area contributed by atoms with E-state index in [9.17, 15) is 4.79 Å². The Balaban J connectivity index is 2.68. The fourth-order valence-electron chi connectivity index (χ4n) is 2.44. The van der Waals surface area contributed by atoms with Crippen molar-refractivity contribution in [3.8, 4) is 0 Å². The third-order valence-electron chi connectivity index (χ3n) is 3.49. The average Bonchev–Trinajstić information content (AvgIpc) is 2.42. The van der Waals surface area contributed by atoms with Gasteiger partial charge in [0.05, 0.1) is 0 Å². The van der Waals surface area contributed by atoms with Gasteiger partial charge >= 0.3 is 0 Å². The van der Waals surface area contributed by atoms with Gasteiger partial charge in [-0.1, -0.05) is 41.1 Å². The molecule has 118 valence electrons. The molecule has 0 radical (unpaired) electrons. The Kier molecular flexibility index (Phi) is 7.97. The van der Waals surface area contributed by atoms with Crippen LogP contribution in [0.25, 0.3) is 0 Å². The maximum absolute atomic E-state index is 11.8. The minimum absolute atomic E-state index is 0.130. The van der Waals surface area contributed by atoms with Crippen molar-refractivity contribution in [3.05, 3.63) is 34.3 Å². The van der Waals surface area contributed by atoms with Crippen molar-refractivity contribution in [3.63, 3.8) is 0 Å². The summed E-state index contributed by atoms with van der Waals surface area (Å²) in [4.78, 5) is 14.2. The lowest BCUT2D eigenvalue weighted by molar-refractivity contribution is -0.122. The first-order chi connectivity index (χ1) is 9.95. The molecule has 0 spiro atoms. The van der Waals surface area contributed by atoms with Gasteiger partial charge in [0.1, 0.15) is 0 Å². The van der Waals surface area contributed by atoms with E-state index in [1.807, 2.05) is 19.9 Å². The lowest BCUT2D eigenvalue weighted by atomic mass is 10.1. The van der Waals surface area contributed by atoms with E-state index in [1.165, 1.54) is 5.56 Å². The number of nitrogens with one attached hydrogen (secondary N) is 1. The van der Waals surface area contributed by atoms with Gasteiger partial charge in [-0.3, -0.25) is 9.69 Å². The van der Waals surface area contributed by atoms with Gasteiger partial charge in [-0.15, -0.1) is 0 Å². The van der Waals surface area contributed by atoms with Crippen molar-refractivity contribution in [2.75, 3.05) is 13.1 Å². The van der Waals surface area contributed by atoms with Gasteiger partial charge in [0, 0.05) is 29.5 Å². The zero-order valence-electron chi connectivity index (χ0n) is 13.5. The van der Waals surface area contributed by atoms with Crippen LogP contribution in [0.2, 0.25) is 0 Å². The number of nitrogens with zero attached hydrogens (tertiary/aromatic N) is 1. The highest BCUT2D eigenvalue weighted by Gasteiger charge is 2.18. The topological polar surface area (TPSA) is 32.3 Å². The third-order valence-corrected chi connectivity index (χ3v) is 4.21. The number of halogens is 1. The van der Waals surface area contributed by atoms with Crippen LogP contribution in [0.3, 0.4) is 0 Å². The van der Waals surface area contributed by atoms with Gasteiger partial charge in [0.25, 0.3) is 0 Å². The van der Waals surface area contributed by atoms with Crippen LogP contribution in [-0.4, -0.2) is 29.9 Å². The maximum atomic E-state index is 11.8. The predicted octanol–water partition coefficient (Wildman–Crippen LogP) is 4.14. The van der Waals surface area contributed by atoms with Crippen LogP contribution < -0.4 is 5.32 Å². The van der Waals surface area contributed by atoms with Gasteiger partial charge in [0.15, 0.2) is 0 Å². The second-order valence-electron chi connectivity index (χ2n) is 5.71. The smallest absolute Gasteiger partial charge is 0.221 e. The SMILES string of the molecule is CCCN(CCC(=O)NC(C)C)C(C)c1ccccc1Br. The Morgan fingerprint density at radius 1 is 1.24 bits per heavy atom. The summed E-state index contributed by atoms with van der Waals surface area (Å²) in [6.07, 6.45) is 1.63. The molecule has 0 aliphatic heterocycles. The molecule has 0 aliphatic rings. The molecule has 0 aliphatic carbocycles. The third kappa shape index (κ3) is 6.18. The van der Waals surface area contributed by atoms with Crippen LogP contribution in [0, 0.1) is 0 Å². The van der Waals surface area contributed by atoms with Gasteiger partial charge in [-0.05, 0) is 45.4 Å². The molecule has 1 aromatic carbocycles. The lowest BCUT2D eigenvalue weighted by Crippen LogP contribution is -2.35. The molecule has 0 heterocycles. The molecule has 0 bridgehead atoms. The predicted molar refractivity (Wildman–Crippen MR) is 92.3 cm³/mol. The molecule has 3 nitrogen and oxygen atoms in total. The van der Waals surface area contributed by atoms with E-state index in [4.69, 9.17) is 0 Å². The molecule has 4 heteroatoms. The van der Waals surface area contributed by atoms with Crippen LogP contribution in [0.15, 0.2) is 28.7 Å². The summed E-state index contributed by atoms with van der Waals surface area (Å²) in [5.74, 6) is 0.130. The van der Waals surface area contributed by atoms with Gasteiger partial charge in [-0.2, -0.15) is 0 Å². The molecular formula is C17H27BrN2O. The van der Waals surface area contributed by atoms with Crippen LogP contribution in [0.4, 0.5) is 0 Å². The Labute approximate surface area is 137 Å². The fraction of sp³-hybridized carbons (Fsp3) is 0.588. The summed E-state index contributed by atoms with van der Waals surface area (Å²) in [5.41, 5.74) is 1.27. The Morgan fingerprint density at radius 2 is 1.90 bits per heavy atom. The van der Waals surface area contributed by atoms with Crippen LogP contribution >= 0.6 is 15.9 Å². The zero-order chi connectivity index (χ0) is 15.8. The van der Waals surface area contributed by atoms with Gasteiger partial charge in [0.2, 0.25) is 5.91 Å². The molecule has 1 rings (SSSR count). The molecule has 1 amide bonds. The number of rotatable bonds is 8. The van der Waals surface area contributed by atoms with E-state index in [0.29, 0.717) is 12.5 Å². The molecule has 1 N–H and O–H groups in total. The summed E-state index contributed by atoms with van der Waals surface area (Å²) in [7, 11) is 0. The van der Waals surface area contributed by atoms with Crippen molar-refractivity contribution in [1.82, 2.24) is 10.2 Å². The van der Waals surface area contributed by atoms with E-state index >= 15 is 0 Å². The van der Waals surface area contributed by atoms with Crippen LogP contribution in [-0.2, 0) is 4.79 Å². The summed E-state index contributed by atoms with van der Waals surface area (Å²) in [5, 5.41) is 2.96. The minimum Gasteiger partial charge on any atom is -0.354 e. The van der Waals surface area contributed by atoms with E-state index in [1.54, 1.807) is 0 Å². The highest BCUT2D eigenvalue weighted by atomic mass is 79.9. The number of hydrogen-bond acceptors (Lipinski definition) is 2. The summed E-state index contributed by atoms with van der Waals surface area (Å²) in [6, 6.07) is 8.81. The minimum atomic E-state index is 0.130. The zero-order valence-corrected chi connectivity index (χ0v) is 15.1. The Bertz CT molecular complexity index is 448. The Hall–Kier alpha value is -0.870. The van der Waals surface area contributed by atoms with Gasteiger partial charge < -0.3 is 5.32 Å². The van der Waals surface area contributed by atoms with Crippen molar-refractivity contribution in [1.29, 1.82) is 0 Å². The Morgan fingerprint density at radius 3 is 2.48 bits per heavy atom. The number of carbonyl (C=O) groups excluding carboxylic acids is 1. The number of amides is 1. The first-order valence-electron chi connectivity index (χ1n) is 7.73. The van der Waals surface area contributed by atoms with Gasteiger partial charge in [-0.25, -0.2) is 0 Å². The lowest BCUT2D eigenvalue weighted by Gasteiger charge is -2.29. The molecule has 1 aromatic rings. The monoisotopic (exact) mass is 354 g/mol. The van der Waals surface area contributed by atoms with Crippen molar-refractivity contribution >= 4 is 21.8 Å². The molecule has 1 atom stereocenters. The largest absolute Gasteiger partial charge is 0.354 e. The van der Waals surface area contributed by atoms with E-state index in [2.05, 4.69) is 58.2 Å². The van der Waals surface area contributed by atoms with E-state index < -0.39 is 0 Å². The molecule has 0 saturated carbocycles. The average molecular weight is 355 g/mol. The summed E-state index contributed by atoms with van der Waals surface area (Å²) in [6.45, 7) is 10.1. The highest BCUT2D eigenvalue weighted by molar-refractivity contribution is 9.10. The molecule has 21 heavy (non-hydrogen) atoms. The second-order valence-corrected chi connectivity index (χ2v) is 6.56. The highest BCUT2D eigenvalue weighted by Crippen LogP contribution is 2.27. The van der Waals surface area contributed by atoms with Crippen LogP contribution in [0.5, 0.6) is 0 Å². The molecule has 1 unspecified atom stereocenters. The summed E-state index contributed by atoms with van der Waals surface area (Å²) < 4.78 is 1.13. The molecule has 0 aromatic heterocycles.